The zero-order chi connectivity index (χ0) is 13.8. The van der Waals surface area contributed by atoms with Crippen LogP contribution in [0, 0.1) is 0 Å². The van der Waals surface area contributed by atoms with E-state index in [1.54, 1.807) is 0 Å². The number of rotatable bonds is 5. The van der Waals surface area contributed by atoms with Gasteiger partial charge in [0.25, 0.3) is 0 Å². The fourth-order valence-electron chi connectivity index (χ4n) is 2.98. The molecule has 0 aromatic carbocycles. The van der Waals surface area contributed by atoms with Gasteiger partial charge in [-0.15, -0.1) is 0 Å². The Morgan fingerprint density at radius 2 is 2.10 bits per heavy atom. The predicted octanol–water partition coefficient (Wildman–Crippen LogP) is 3.10. The molecule has 3 rings (SSSR count). The van der Waals surface area contributed by atoms with Crippen LogP contribution in [0.25, 0.3) is 0 Å². The molecule has 3 nitrogen and oxygen atoms in total. The Morgan fingerprint density at radius 3 is 2.85 bits per heavy atom. The van der Waals surface area contributed by atoms with Crippen molar-refractivity contribution in [1.29, 1.82) is 0 Å². The van der Waals surface area contributed by atoms with Gasteiger partial charge in [-0.25, -0.2) is 0 Å². The second-order valence-electron chi connectivity index (χ2n) is 6.48. The molecule has 3 heteroatoms. The van der Waals surface area contributed by atoms with E-state index in [1.807, 2.05) is 6.20 Å². The summed E-state index contributed by atoms with van der Waals surface area (Å²) < 4.78 is 0. The third-order valence-corrected chi connectivity index (χ3v) is 4.61. The summed E-state index contributed by atoms with van der Waals surface area (Å²) in [7, 11) is 0. The van der Waals surface area contributed by atoms with E-state index in [2.05, 4.69) is 34.3 Å². The van der Waals surface area contributed by atoms with Gasteiger partial charge in [-0.05, 0) is 50.8 Å². The normalized spacial score (nSPS) is 24.6. The summed E-state index contributed by atoms with van der Waals surface area (Å²) in [6.45, 7) is 5.57. The average molecular weight is 273 g/mol. The molecule has 1 unspecified atom stereocenters. The topological polar surface area (TPSA) is 28.2 Å². The van der Waals surface area contributed by atoms with Crippen molar-refractivity contribution in [2.45, 2.75) is 70.6 Å². The van der Waals surface area contributed by atoms with Crippen molar-refractivity contribution in [3.05, 3.63) is 29.6 Å². The lowest BCUT2D eigenvalue weighted by Gasteiger charge is -2.26. The molecule has 2 fully saturated rings. The van der Waals surface area contributed by atoms with Gasteiger partial charge in [0, 0.05) is 31.4 Å². The molecule has 0 amide bonds. The van der Waals surface area contributed by atoms with E-state index in [0.29, 0.717) is 6.04 Å². The highest BCUT2D eigenvalue weighted by Gasteiger charge is 2.20. The zero-order valence-electron chi connectivity index (χ0n) is 12.6. The summed E-state index contributed by atoms with van der Waals surface area (Å²) in [5, 5.41) is 3.54. The first kappa shape index (κ1) is 14.0. The smallest absolute Gasteiger partial charge is 0.0544 e. The molecule has 1 saturated heterocycles. The van der Waals surface area contributed by atoms with E-state index in [9.17, 15) is 0 Å². The summed E-state index contributed by atoms with van der Waals surface area (Å²) in [5.41, 5.74) is 2.53. The Morgan fingerprint density at radius 1 is 1.20 bits per heavy atom. The zero-order valence-corrected chi connectivity index (χ0v) is 12.6. The first-order valence-corrected chi connectivity index (χ1v) is 8.22. The maximum atomic E-state index is 4.65. The van der Waals surface area contributed by atoms with Gasteiger partial charge in [0.1, 0.15) is 0 Å². The van der Waals surface area contributed by atoms with E-state index in [0.717, 1.165) is 19.1 Å². The third-order valence-electron chi connectivity index (χ3n) is 4.61. The number of likely N-dealkylation sites (tertiary alicyclic amines) is 1. The van der Waals surface area contributed by atoms with Crippen LogP contribution in [-0.4, -0.2) is 28.5 Å². The molecule has 2 heterocycles. The fraction of sp³-hybridized carbons (Fsp3) is 0.706. The van der Waals surface area contributed by atoms with Crippen LogP contribution in [0.2, 0.25) is 0 Å². The Balaban J connectivity index is 1.53. The van der Waals surface area contributed by atoms with Crippen LogP contribution in [0.5, 0.6) is 0 Å². The summed E-state index contributed by atoms with van der Waals surface area (Å²) >= 11 is 0. The molecule has 0 radical (unpaired) electrons. The van der Waals surface area contributed by atoms with E-state index in [-0.39, 0.29) is 0 Å². The molecule has 1 atom stereocenters. The van der Waals surface area contributed by atoms with Crippen molar-refractivity contribution in [3.8, 4) is 0 Å². The molecule has 0 bridgehead atoms. The molecule has 1 saturated carbocycles. The quantitative estimate of drug-likeness (QED) is 0.893. The maximum absolute atomic E-state index is 4.65. The first-order chi connectivity index (χ1) is 9.81. The SMILES string of the molecule is CC1CCCCCN1Cc1ccc(CNC2CC2)cn1. The van der Waals surface area contributed by atoms with Gasteiger partial charge < -0.3 is 5.32 Å². The molecule has 1 aromatic heterocycles. The van der Waals surface area contributed by atoms with Crippen LogP contribution in [-0.2, 0) is 13.1 Å². The van der Waals surface area contributed by atoms with Crippen molar-refractivity contribution < 1.29 is 0 Å². The number of aromatic nitrogens is 1. The molecule has 110 valence electrons. The summed E-state index contributed by atoms with van der Waals surface area (Å²) in [6, 6.07) is 5.92. The standard InChI is InChI=1S/C17H27N3/c1-14-5-3-2-4-10-20(14)13-17-7-6-15(12-19-17)11-18-16-8-9-16/h6-7,12,14,16,18H,2-5,8-11,13H2,1H3. The van der Waals surface area contributed by atoms with E-state index < -0.39 is 0 Å². The molecule has 1 N–H and O–H groups in total. The predicted molar refractivity (Wildman–Crippen MR) is 82.4 cm³/mol. The highest BCUT2D eigenvalue weighted by atomic mass is 15.2. The molecular formula is C17H27N3. The third kappa shape index (κ3) is 4.03. The van der Waals surface area contributed by atoms with Crippen LogP contribution in [0.1, 0.15) is 56.7 Å². The molecular weight excluding hydrogens is 246 g/mol. The van der Waals surface area contributed by atoms with E-state index >= 15 is 0 Å². The minimum absolute atomic E-state index is 0.704. The second kappa shape index (κ2) is 6.68. The highest BCUT2D eigenvalue weighted by molar-refractivity contribution is 5.14. The molecule has 1 aliphatic heterocycles. The Hall–Kier alpha value is -0.930. The highest BCUT2D eigenvalue weighted by Crippen LogP contribution is 2.20. The monoisotopic (exact) mass is 273 g/mol. The van der Waals surface area contributed by atoms with Gasteiger partial charge in [0.05, 0.1) is 5.69 Å². The van der Waals surface area contributed by atoms with Gasteiger partial charge in [0.15, 0.2) is 0 Å². The van der Waals surface area contributed by atoms with Gasteiger partial charge in [0.2, 0.25) is 0 Å². The molecule has 2 aliphatic rings. The Kier molecular flexibility index (Phi) is 4.69. The van der Waals surface area contributed by atoms with Crippen LogP contribution < -0.4 is 5.32 Å². The number of hydrogen-bond donors (Lipinski definition) is 1. The van der Waals surface area contributed by atoms with Crippen molar-refractivity contribution in [2.24, 2.45) is 0 Å². The number of nitrogens with zero attached hydrogens (tertiary/aromatic N) is 2. The second-order valence-corrected chi connectivity index (χ2v) is 6.48. The van der Waals surface area contributed by atoms with Crippen LogP contribution in [0.15, 0.2) is 18.3 Å². The largest absolute Gasteiger partial charge is 0.310 e. The molecule has 0 spiro atoms. The van der Waals surface area contributed by atoms with E-state index in [4.69, 9.17) is 0 Å². The van der Waals surface area contributed by atoms with Gasteiger partial charge in [-0.3, -0.25) is 9.88 Å². The molecule has 1 aromatic rings. The summed E-state index contributed by atoms with van der Waals surface area (Å²) in [4.78, 5) is 7.25. The van der Waals surface area contributed by atoms with Gasteiger partial charge in [-0.2, -0.15) is 0 Å². The number of pyridine rings is 1. The van der Waals surface area contributed by atoms with E-state index in [1.165, 1.54) is 56.3 Å². The number of nitrogens with one attached hydrogen (secondary N) is 1. The van der Waals surface area contributed by atoms with Gasteiger partial charge >= 0.3 is 0 Å². The van der Waals surface area contributed by atoms with Gasteiger partial charge in [-0.1, -0.05) is 18.9 Å². The molecule has 1 aliphatic carbocycles. The van der Waals surface area contributed by atoms with Crippen LogP contribution in [0.4, 0.5) is 0 Å². The van der Waals surface area contributed by atoms with Crippen molar-refractivity contribution in [2.75, 3.05) is 6.54 Å². The minimum Gasteiger partial charge on any atom is -0.310 e. The molecule has 20 heavy (non-hydrogen) atoms. The average Bonchev–Trinajstić information content (AvgIpc) is 3.29. The Labute approximate surface area is 122 Å². The van der Waals surface area contributed by atoms with Crippen LogP contribution >= 0.6 is 0 Å². The maximum Gasteiger partial charge on any atom is 0.0544 e. The summed E-state index contributed by atoms with van der Waals surface area (Å²) in [6.07, 6.45) is 10.2. The van der Waals surface area contributed by atoms with Crippen LogP contribution in [0.3, 0.4) is 0 Å². The van der Waals surface area contributed by atoms with Crippen molar-refractivity contribution in [3.63, 3.8) is 0 Å². The summed E-state index contributed by atoms with van der Waals surface area (Å²) in [5.74, 6) is 0. The van der Waals surface area contributed by atoms with Crippen molar-refractivity contribution in [1.82, 2.24) is 15.2 Å². The first-order valence-electron chi connectivity index (χ1n) is 8.22. The lowest BCUT2D eigenvalue weighted by atomic mass is 10.1. The Bertz CT molecular complexity index is 411. The fourth-order valence-corrected chi connectivity index (χ4v) is 2.98. The minimum atomic E-state index is 0.704. The lowest BCUT2D eigenvalue weighted by molar-refractivity contribution is 0.202. The van der Waals surface area contributed by atoms with Crippen molar-refractivity contribution >= 4 is 0 Å². The lowest BCUT2D eigenvalue weighted by Crippen LogP contribution is -2.32. The number of hydrogen-bond acceptors (Lipinski definition) is 3.